The quantitative estimate of drug-likeness (QED) is 0.509. The predicted molar refractivity (Wildman–Crippen MR) is 88.9 cm³/mol. The van der Waals surface area contributed by atoms with Gasteiger partial charge in [0.15, 0.2) is 11.7 Å². The number of carbonyl (C=O) groups is 1. The number of ether oxygens (including phenoxy) is 2. The number of aryl methyl sites for hydroxylation is 1. The number of carbonyl (C=O) groups excluding carboxylic acids is 1. The van der Waals surface area contributed by atoms with E-state index in [9.17, 15) is 4.79 Å². The molecule has 0 fully saturated rings. The third-order valence-corrected chi connectivity index (χ3v) is 3.45. The van der Waals surface area contributed by atoms with E-state index >= 15 is 0 Å². The molecule has 122 valence electrons. The Balaban J connectivity index is 1.53. The van der Waals surface area contributed by atoms with Crippen LogP contribution in [0.1, 0.15) is 12.3 Å². The molecule has 1 heterocycles. The van der Waals surface area contributed by atoms with Crippen LogP contribution in [0.3, 0.4) is 0 Å². The minimum absolute atomic E-state index is 0.195. The van der Waals surface area contributed by atoms with Gasteiger partial charge < -0.3 is 13.9 Å². The summed E-state index contributed by atoms with van der Waals surface area (Å²) in [6, 6.07) is 16.6. The lowest BCUT2D eigenvalue weighted by Crippen LogP contribution is -2.09. The molecule has 24 heavy (non-hydrogen) atoms. The topological polar surface area (TPSA) is 61.6 Å². The third kappa shape index (κ3) is 4.01. The van der Waals surface area contributed by atoms with E-state index in [1.807, 2.05) is 30.3 Å². The molecule has 3 aromatic rings. The number of rotatable bonds is 6. The smallest absolute Gasteiger partial charge is 0.311 e. The summed E-state index contributed by atoms with van der Waals surface area (Å²) in [6.45, 7) is 0. The molecular weight excluding hydrogens is 306 g/mol. The molecule has 0 spiro atoms. The van der Waals surface area contributed by atoms with Crippen LogP contribution in [0.25, 0.3) is 11.3 Å². The maximum atomic E-state index is 11.9. The number of esters is 1. The van der Waals surface area contributed by atoms with Gasteiger partial charge in [0.05, 0.1) is 19.7 Å². The van der Waals surface area contributed by atoms with Gasteiger partial charge in [0.2, 0.25) is 0 Å². The zero-order chi connectivity index (χ0) is 16.8. The number of hydrogen-bond acceptors (Lipinski definition) is 5. The summed E-state index contributed by atoms with van der Waals surface area (Å²) in [5.41, 5.74) is 0.956. The maximum absolute atomic E-state index is 11.9. The second-order valence-corrected chi connectivity index (χ2v) is 5.13. The van der Waals surface area contributed by atoms with Crippen LogP contribution >= 0.6 is 0 Å². The summed E-state index contributed by atoms with van der Waals surface area (Å²) in [5.74, 6) is 2.07. The van der Waals surface area contributed by atoms with Gasteiger partial charge in [-0.2, -0.15) is 0 Å². The standard InChI is InChI=1S/C19H17NO4/c1-22-15-7-9-16(10-8-15)23-19(21)12-11-18-20-13-17(24-18)14-5-3-2-4-6-14/h2-10,13H,11-12H2,1H3. The molecule has 0 radical (unpaired) electrons. The molecule has 0 saturated carbocycles. The fraction of sp³-hybridized carbons (Fsp3) is 0.158. The first kappa shape index (κ1) is 15.8. The second-order valence-electron chi connectivity index (χ2n) is 5.13. The van der Waals surface area contributed by atoms with E-state index in [1.54, 1.807) is 37.6 Å². The molecule has 2 aromatic carbocycles. The number of benzene rings is 2. The molecule has 0 N–H and O–H groups in total. The van der Waals surface area contributed by atoms with Crippen LogP contribution in [0, 0.1) is 0 Å². The zero-order valence-corrected chi connectivity index (χ0v) is 13.3. The molecule has 5 nitrogen and oxygen atoms in total. The van der Waals surface area contributed by atoms with E-state index in [0.717, 1.165) is 5.56 Å². The lowest BCUT2D eigenvalue weighted by Gasteiger charge is -2.04. The Hall–Kier alpha value is -3.08. The molecule has 5 heteroatoms. The summed E-state index contributed by atoms with van der Waals surface area (Å²) < 4.78 is 16.0. The van der Waals surface area contributed by atoms with Crippen molar-refractivity contribution < 1.29 is 18.7 Å². The zero-order valence-electron chi connectivity index (χ0n) is 13.3. The maximum Gasteiger partial charge on any atom is 0.311 e. The average molecular weight is 323 g/mol. The van der Waals surface area contributed by atoms with E-state index in [4.69, 9.17) is 13.9 Å². The van der Waals surface area contributed by atoms with Crippen molar-refractivity contribution in [2.75, 3.05) is 7.11 Å². The summed E-state index contributed by atoms with van der Waals surface area (Å²) in [5, 5.41) is 0. The summed E-state index contributed by atoms with van der Waals surface area (Å²) in [4.78, 5) is 16.1. The van der Waals surface area contributed by atoms with Crippen molar-refractivity contribution in [2.24, 2.45) is 0 Å². The molecule has 0 unspecified atom stereocenters. The first-order chi connectivity index (χ1) is 11.7. The highest BCUT2D eigenvalue weighted by molar-refractivity contribution is 5.72. The monoisotopic (exact) mass is 323 g/mol. The fourth-order valence-corrected chi connectivity index (χ4v) is 2.20. The van der Waals surface area contributed by atoms with Crippen LogP contribution in [0.15, 0.2) is 65.2 Å². The molecule has 1 aromatic heterocycles. The molecule has 0 bridgehead atoms. The van der Waals surface area contributed by atoms with Crippen molar-refractivity contribution in [3.05, 3.63) is 66.7 Å². The largest absolute Gasteiger partial charge is 0.497 e. The van der Waals surface area contributed by atoms with Gasteiger partial charge in [0.25, 0.3) is 0 Å². The third-order valence-electron chi connectivity index (χ3n) is 3.45. The minimum Gasteiger partial charge on any atom is -0.497 e. The van der Waals surface area contributed by atoms with Gasteiger partial charge in [-0.1, -0.05) is 30.3 Å². The number of aromatic nitrogens is 1. The van der Waals surface area contributed by atoms with E-state index in [1.165, 1.54) is 0 Å². The molecule has 0 aliphatic carbocycles. The Morgan fingerprint density at radius 1 is 1.04 bits per heavy atom. The van der Waals surface area contributed by atoms with Gasteiger partial charge in [0, 0.05) is 12.0 Å². The number of oxazole rings is 1. The summed E-state index contributed by atoms with van der Waals surface area (Å²) in [7, 11) is 1.58. The van der Waals surface area contributed by atoms with Crippen molar-refractivity contribution in [2.45, 2.75) is 12.8 Å². The van der Waals surface area contributed by atoms with Crippen molar-refractivity contribution >= 4 is 5.97 Å². The molecule has 0 amide bonds. The van der Waals surface area contributed by atoms with Crippen LogP contribution < -0.4 is 9.47 Å². The van der Waals surface area contributed by atoms with Crippen molar-refractivity contribution in [3.63, 3.8) is 0 Å². The van der Waals surface area contributed by atoms with Crippen LogP contribution in [0.2, 0.25) is 0 Å². The molecular formula is C19H17NO4. The van der Waals surface area contributed by atoms with Crippen molar-refractivity contribution in [1.82, 2.24) is 4.98 Å². The summed E-state index contributed by atoms with van der Waals surface area (Å²) in [6.07, 6.45) is 2.25. The van der Waals surface area contributed by atoms with E-state index in [-0.39, 0.29) is 12.4 Å². The van der Waals surface area contributed by atoms with Gasteiger partial charge in [-0.15, -0.1) is 0 Å². The Labute approximate surface area is 139 Å². The van der Waals surface area contributed by atoms with Crippen LogP contribution in [0.4, 0.5) is 0 Å². The minimum atomic E-state index is -0.334. The van der Waals surface area contributed by atoms with E-state index in [0.29, 0.717) is 29.6 Å². The lowest BCUT2D eigenvalue weighted by atomic mass is 10.2. The molecule has 0 atom stereocenters. The van der Waals surface area contributed by atoms with Gasteiger partial charge in [-0.05, 0) is 24.3 Å². The van der Waals surface area contributed by atoms with Crippen LogP contribution in [-0.2, 0) is 11.2 Å². The average Bonchev–Trinajstić information content (AvgIpc) is 3.10. The van der Waals surface area contributed by atoms with Crippen molar-refractivity contribution in [3.8, 4) is 22.8 Å². The Morgan fingerprint density at radius 3 is 2.46 bits per heavy atom. The summed E-state index contributed by atoms with van der Waals surface area (Å²) >= 11 is 0. The normalized spacial score (nSPS) is 10.4. The second kappa shape index (κ2) is 7.46. The van der Waals surface area contributed by atoms with Crippen molar-refractivity contribution in [1.29, 1.82) is 0 Å². The Bertz CT molecular complexity index is 794. The Kier molecular flexibility index (Phi) is 4.91. The fourth-order valence-electron chi connectivity index (χ4n) is 2.20. The first-order valence-electron chi connectivity index (χ1n) is 7.59. The number of hydrogen-bond donors (Lipinski definition) is 0. The lowest BCUT2D eigenvalue weighted by molar-refractivity contribution is -0.134. The van der Waals surface area contributed by atoms with E-state index < -0.39 is 0 Å². The molecule has 0 aliphatic rings. The highest BCUT2D eigenvalue weighted by Crippen LogP contribution is 2.21. The van der Waals surface area contributed by atoms with E-state index in [2.05, 4.69) is 4.98 Å². The van der Waals surface area contributed by atoms with Gasteiger partial charge in [-0.3, -0.25) is 4.79 Å². The molecule has 3 rings (SSSR count). The highest BCUT2D eigenvalue weighted by atomic mass is 16.5. The first-order valence-corrected chi connectivity index (χ1v) is 7.59. The van der Waals surface area contributed by atoms with Gasteiger partial charge in [0.1, 0.15) is 11.5 Å². The molecule has 0 saturated heterocycles. The number of methoxy groups -OCH3 is 1. The molecule has 0 aliphatic heterocycles. The van der Waals surface area contributed by atoms with Crippen LogP contribution in [-0.4, -0.2) is 18.1 Å². The SMILES string of the molecule is COc1ccc(OC(=O)CCc2ncc(-c3ccccc3)o2)cc1. The van der Waals surface area contributed by atoms with Crippen LogP contribution in [0.5, 0.6) is 11.5 Å². The van der Waals surface area contributed by atoms with Gasteiger partial charge in [-0.25, -0.2) is 4.98 Å². The predicted octanol–water partition coefficient (Wildman–Crippen LogP) is 3.89. The Morgan fingerprint density at radius 2 is 1.75 bits per heavy atom. The number of nitrogens with zero attached hydrogens (tertiary/aromatic N) is 1. The highest BCUT2D eigenvalue weighted by Gasteiger charge is 2.10. The van der Waals surface area contributed by atoms with Gasteiger partial charge >= 0.3 is 5.97 Å².